The van der Waals surface area contributed by atoms with Gasteiger partial charge < -0.3 is 15.5 Å². The Balaban J connectivity index is 2.82. The normalized spacial score (nSPS) is 11.6. The summed E-state index contributed by atoms with van der Waals surface area (Å²) in [7, 11) is 0. The fraction of sp³-hybridized carbons (Fsp3) is 0.200. The Labute approximate surface area is 106 Å². The number of carbonyl (C=O) groups is 3. The molecule has 0 bridgehead atoms. The second-order valence-electron chi connectivity index (χ2n) is 3.30. The zero-order valence-electron chi connectivity index (χ0n) is 8.96. The summed E-state index contributed by atoms with van der Waals surface area (Å²) in [6, 6.07) is 1.28. The van der Waals surface area contributed by atoms with Crippen LogP contribution in [0.25, 0.3) is 0 Å². The van der Waals surface area contributed by atoms with Gasteiger partial charge in [-0.05, 0) is 12.1 Å². The van der Waals surface area contributed by atoms with Gasteiger partial charge in [-0.25, -0.2) is 9.78 Å². The first-order valence-electron chi connectivity index (χ1n) is 4.77. The van der Waals surface area contributed by atoms with Crippen molar-refractivity contribution in [1.29, 1.82) is 0 Å². The SMILES string of the molecule is O=C(O)C[C@@H](NC(=O)c1cccnc1Cl)C(=O)O. The van der Waals surface area contributed by atoms with E-state index in [0.717, 1.165) is 0 Å². The molecule has 1 aromatic rings. The second kappa shape index (κ2) is 5.97. The molecule has 3 N–H and O–H groups in total. The van der Waals surface area contributed by atoms with Crippen molar-refractivity contribution in [2.45, 2.75) is 12.5 Å². The van der Waals surface area contributed by atoms with Crippen LogP contribution in [0.15, 0.2) is 18.3 Å². The fourth-order valence-electron chi connectivity index (χ4n) is 1.17. The number of hydrogen-bond donors (Lipinski definition) is 3. The molecule has 1 amide bonds. The van der Waals surface area contributed by atoms with Crippen molar-refractivity contribution in [2.24, 2.45) is 0 Å². The maximum absolute atomic E-state index is 11.7. The Morgan fingerprint density at radius 1 is 1.39 bits per heavy atom. The molecular formula is C10H9ClN2O5. The number of nitrogens with one attached hydrogen (secondary N) is 1. The van der Waals surface area contributed by atoms with Gasteiger partial charge in [0.15, 0.2) is 0 Å². The molecule has 0 spiro atoms. The Bertz CT molecular complexity index is 491. The van der Waals surface area contributed by atoms with Gasteiger partial charge in [0.25, 0.3) is 5.91 Å². The number of carboxylic acid groups (broad SMARTS) is 2. The molecule has 0 saturated carbocycles. The molecule has 1 rings (SSSR count). The van der Waals surface area contributed by atoms with Crippen LogP contribution >= 0.6 is 11.6 Å². The predicted molar refractivity (Wildman–Crippen MR) is 60.4 cm³/mol. The van der Waals surface area contributed by atoms with Crippen LogP contribution < -0.4 is 5.32 Å². The molecule has 1 heterocycles. The van der Waals surface area contributed by atoms with E-state index in [9.17, 15) is 14.4 Å². The van der Waals surface area contributed by atoms with Gasteiger partial charge in [0.1, 0.15) is 11.2 Å². The number of aliphatic carboxylic acids is 2. The van der Waals surface area contributed by atoms with Gasteiger partial charge in [-0.2, -0.15) is 0 Å². The van der Waals surface area contributed by atoms with Crippen molar-refractivity contribution in [2.75, 3.05) is 0 Å². The lowest BCUT2D eigenvalue weighted by Crippen LogP contribution is -2.42. The molecule has 0 radical (unpaired) electrons. The highest BCUT2D eigenvalue weighted by Gasteiger charge is 2.24. The molecule has 7 nitrogen and oxygen atoms in total. The molecular weight excluding hydrogens is 264 g/mol. The highest BCUT2D eigenvalue weighted by atomic mass is 35.5. The van der Waals surface area contributed by atoms with Crippen molar-refractivity contribution in [3.63, 3.8) is 0 Å². The monoisotopic (exact) mass is 272 g/mol. The standard InChI is InChI=1S/C10H9ClN2O5/c11-8-5(2-1-3-12-8)9(16)13-6(10(17)18)4-7(14)15/h1-3,6H,4H2,(H,13,16)(H,14,15)(H,17,18)/t6-/m1/s1. The molecule has 8 heteroatoms. The number of amides is 1. The van der Waals surface area contributed by atoms with Gasteiger partial charge in [-0.15, -0.1) is 0 Å². The van der Waals surface area contributed by atoms with E-state index in [2.05, 4.69) is 10.3 Å². The van der Waals surface area contributed by atoms with Gasteiger partial charge in [-0.1, -0.05) is 11.6 Å². The van der Waals surface area contributed by atoms with Crippen molar-refractivity contribution in [1.82, 2.24) is 10.3 Å². The van der Waals surface area contributed by atoms with Crippen LogP contribution in [0.4, 0.5) is 0 Å². The van der Waals surface area contributed by atoms with Crippen molar-refractivity contribution in [3.8, 4) is 0 Å². The zero-order valence-corrected chi connectivity index (χ0v) is 9.72. The van der Waals surface area contributed by atoms with E-state index in [1.165, 1.54) is 18.3 Å². The first-order valence-corrected chi connectivity index (χ1v) is 5.15. The van der Waals surface area contributed by atoms with Gasteiger partial charge in [0.2, 0.25) is 0 Å². The highest BCUT2D eigenvalue weighted by Crippen LogP contribution is 2.11. The summed E-state index contributed by atoms with van der Waals surface area (Å²) in [6.45, 7) is 0. The lowest BCUT2D eigenvalue weighted by Gasteiger charge is -2.12. The van der Waals surface area contributed by atoms with Crippen molar-refractivity contribution >= 4 is 29.4 Å². The minimum absolute atomic E-state index is 0.0178. The van der Waals surface area contributed by atoms with Crippen LogP contribution in [0.1, 0.15) is 16.8 Å². The van der Waals surface area contributed by atoms with Crippen LogP contribution in [0, 0.1) is 0 Å². The van der Waals surface area contributed by atoms with Gasteiger partial charge in [0.05, 0.1) is 12.0 Å². The third kappa shape index (κ3) is 3.70. The highest BCUT2D eigenvalue weighted by molar-refractivity contribution is 6.32. The molecule has 0 fully saturated rings. The maximum Gasteiger partial charge on any atom is 0.326 e. The summed E-state index contributed by atoms with van der Waals surface area (Å²) in [5.74, 6) is -3.56. The minimum Gasteiger partial charge on any atom is -0.481 e. The van der Waals surface area contributed by atoms with E-state index in [1.54, 1.807) is 0 Å². The molecule has 0 aliphatic rings. The number of pyridine rings is 1. The third-order valence-corrected chi connectivity index (χ3v) is 2.29. The molecule has 1 aromatic heterocycles. The fourth-order valence-corrected chi connectivity index (χ4v) is 1.37. The number of rotatable bonds is 5. The Morgan fingerprint density at radius 2 is 2.06 bits per heavy atom. The average molecular weight is 273 g/mol. The first-order chi connectivity index (χ1) is 8.41. The molecule has 0 unspecified atom stereocenters. The Morgan fingerprint density at radius 3 is 2.56 bits per heavy atom. The Kier molecular flexibility index (Phi) is 4.61. The number of carboxylic acids is 2. The van der Waals surface area contributed by atoms with E-state index in [0.29, 0.717) is 0 Å². The first kappa shape index (κ1) is 13.9. The van der Waals surface area contributed by atoms with Gasteiger partial charge >= 0.3 is 11.9 Å². The van der Waals surface area contributed by atoms with Crippen LogP contribution in [-0.2, 0) is 9.59 Å². The van der Waals surface area contributed by atoms with Crippen molar-refractivity contribution in [3.05, 3.63) is 29.0 Å². The molecule has 96 valence electrons. The summed E-state index contributed by atoms with van der Waals surface area (Å²) in [6.07, 6.45) is 0.643. The summed E-state index contributed by atoms with van der Waals surface area (Å²) >= 11 is 5.65. The molecule has 0 aromatic carbocycles. The maximum atomic E-state index is 11.7. The van der Waals surface area contributed by atoms with Crippen LogP contribution in [-0.4, -0.2) is 39.1 Å². The number of nitrogens with zero attached hydrogens (tertiary/aromatic N) is 1. The minimum atomic E-state index is -1.52. The Hall–Kier alpha value is -2.15. The van der Waals surface area contributed by atoms with Crippen LogP contribution in [0.2, 0.25) is 5.15 Å². The van der Waals surface area contributed by atoms with Crippen LogP contribution in [0.3, 0.4) is 0 Å². The van der Waals surface area contributed by atoms with E-state index < -0.39 is 30.3 Å². The molecule has 0 aliphatic heterocycles. The van der Waals surface area contributed by atoms with E-state index in [1.807, 2.05) is 0 Å². The zero-order chi connectivity index (χ0) is 13.7. The van der Waals surface area contributed by atoms with Crippen LogP contribution in [0.5, 0.6) is 0 Å². The number of hydrogen-bond acceptors (Lipinski definition) is 4. The lowest BCUT2D eigenvalue weighted by molar-refractivity contribution is -0.145. The summed E-state index contributed by atoms with van der Waals surface area (Å²) in [5, 5.41) is 19.3. The summed E-state index contributed by atoms with van der Waals surface area (Å²) in [5.41, 5.74) is -0.0178. The van der Waals surface area contributed by atoms with E-state index in [-0.39, 0.29) is 10.7 Å². The number of halogens is 1. The average Bonchev–Trinajstić information content (AvgIpc) is 2.27. The predicted octanol–water partition coefficient (Wildman–Crippen LogP) is 0.393. The summed E-state index contributed by atoms with van der Waals surface area (Å²) in [4.78, 5) is 36.5. The molecule has 1 atom stereocenters. The number of carbonyl (C=O) groups excluding carboxylic acids is 1. The molecule has 0 saturated heterocycles. The largest absolute Gasteiger partial charge is 0.481 e. The van der Waals surface area contributed by atoms with E-state index >= 15 is 0 Å². The lowest BCUT2D eigenvalue weighted by atomic mass is 10.2. The third-order valence-electron chi connectivity index (χ3n) is 1.99. The van der Waals surface area contributed by atoms with Gasteiger partial charge in [-0.3, -0.25) is 9.59 Å². The quantitative estimate of drug-likeness (QED) is 0.668. The second-order valence-corrected chi connectivity index (χ2v) is 3.66. The summed E-state index contributed by atoms with van der Waals surface area (Å²) < 4.78 is 0. The van der Waals surface area contributed by atoms with E-state index in [4.69, 9.17) is 21.8 Å². The molecule has 0 aliphatic carbocycles. The van der Waals surface area contributed by atoms with Gasteiger partial charge in [0, 0.05) is 6.20 Å². The van der Waals surface area contributed by atoms with Crippen molar-refractivity contribution < 1.29 is 24.6 Å². The number of aromatic nitrogens is 1. The smallest absolute Gasteiger partial charge is 0.326 e. The molecule has 18 heavy (non-hydrogen) atoms. The topological polar surface area (TPSA) is 117 Å².